The minimum atomic E-state index is -0.700. The van der Waals surface area contributed by atoms with Gasteiger partial charge in [0.05, 0.1) is 0 Å². The normalized spacial score (nSPS) is 27.9. The van der Waals surface area contributed by atoms with Crippen LogP contribution >= 0.6 is 0 Å². The first-order chi connectivity index (χ1) is 5.89. The fourth-order valence-electron chi connectivity index (χ4n) is 1.96. The van der Waals surface area contributed by atoms with E-state index < -0.39 is 11.7 Å². The van der Waals surface area contributed by atoms with E-state index in [1.165, 1.54) is 0 Å². The summed E-state index contributed by atoms with van der Waals surface area (Å²) in [5, 5.41) is 0. The van der Waals surface area contributed by atoms with Gasteiger partial charge in [-0.2, -0.15) is 0 Å². The summed E-state index contributed by atoms with van der Waals surface area (Å²) in [4.78, 5) is 10.5. The van der Waals surface area contributed by atoms with Crippen LogP contribution in [0.15, 0.2) is 0 Å². The van der Waals surface area contributed by atoms with Gasteiger partial charge in [-0.25, -0.2) is 4.79 Å². The van der Waals surface area contributed by atoms with Gasteiger partial charge in [-0.05, 0) is 39.0 Å². The lowest BCUT2D eigenvalue weighted by Crippen LogP contribution is -2.41. The molecule has 4 N–H and O–H groups in total. The first kappa shape index (κ1) is 10.3. The van der Waals surface area contributed by atoms with Crippen molar-refractivity contribution in [3.8, 4) is 0 Å². The number of carbonyl (C=O) groups is 1. The molecule has 1 amide bonds. The van der Waals surface area contributed by atoms with Crippen molar-refractivity contribution in [2.75, 3.05) is 0 Å². The number of amides is 1. The van der Waals surface area contributed by atoms with Crippen molar-refractivity contribution in [3.63, 3.8) is 0 Å². The summed E-state index contributed by atoms with van der Waals surface area (Å²) in [6.45, 7) is 3.75. The third kappa shape index (κ3) is 3.22. The fraction of sp³-hybridized carbons (Fsp3) is 0.889. The van der Waals surface area contributed by atoms with Crippen LogP contribution in [0.5, 0.6) is 0 Å². The molecular weight excluding hydrogens is 168 g/mol. The van der Waals surface area contributed by atoms with Gasteiger partial charge >= 0.3 is 6.09 Å². The van der Waals surface area contributed by atoms with Gasteiger partial charge in [-0.1, -0.05) is 0 Å². The van der Waals surface area contributed by atoms with Gasteiger partial charge in [0.25, 0.3) is 0 Å². The lowest BCUT2D eigenvalue weighted by atomic mass is 9.75. The van der Waals surface area contributed by atoms with E-state index in [1.807, 2.05) is 13.8 Å². The Kier molecular flexibility index (Phi) is 2.81. The highest BCUT2D eigenvalue weighted by Gasteiger charge is 2.33. The highest BCUT2D eigenvalue weighted by atomic mass is 16.6. The molecule has 0 spiro atoms. The predicted octanol–water partition coefficient (Wildman–Crippen LogP) is 0.988. The quantitative estimate of drug-likeness (QED) is 0.689. The van der Waals surface area contributed by atoms with Crippen LogP contribution in [0.1, 0.15) is 33.1 Å². The van der Waals surface area contributed by atoms with Gasteiger partial charge in [0, 0.05) is 6.04 Å². The largest absolute Gasteiger partial charge is 0.444 e. The molecule has 1 fully saturated rings. The Labute approximate surface area is 78.6 Å². The third-order valence-electron chi connectivity index (χ3n) is 2.43. The highest BCUT2D eigenvalue weighted by molar-refractivity contribution is 5.65. The van der Waals surface area contributed by atoms with Crippen LogP contribution in [-0.2, 0) is 4.74 Å². The first-order valence-electron chi connectivity index (χ1n) is 4.63. The van der Waals surface area contributed by atoms with Crippen molar-refractivity contribution in [3.05, 3.63) is 0 Å². The van der Waals surface area contributed by atoms with E-state index in [1.54, 1.807) is 0 Å². The van der Waals surface area contributed by atoms with Crippen molar-refractivity contribution < 1.29 is 9.53 Å². The molecule has 0 radical (unpaired) electrons. The maximum atomic E-state index is 10.5. The molecule has 1 rings (SSSR count). The molecule has 1 saturated carbocycles. The molecule has 1 aliphatic rings. The molecule has 13 heavy (non-hydrogen) atoms. The van der Waals surface area contributed by atoms with E-state index >= 15 is 0 Å². The van der Waals surface area contributed by atoms with E-state index in [2.05, 4.69) is 0 Å². The Balaban J connectivity index is 2.29. The maximum absolute atomic E-state index is 10.5. The maximum Gasteiger partial charge on any atom is 0.405 e. The molecule has 0 saturated heterocycles. The van der Waals surface area contributed by atoms with E-state index in [-0.39, 0.29) is 0 Å². The summed E-state index contributed by atoms with van der Waals surface area (Å²) < 4.78 is 4.98. The summed E-state index contributed by atoms with van der Waals surface area (Å²) >= 11 is 0. The number of carbonyl (C=O) groups excluding carboxylic acids is 1. The summed E-state index contributed by atoms with van der Waals surface area (Å²) in [7, 11) is 0. The molecular formula is C9H18N2O2. The molecule has 4 heteroatoms. The fourth-order valence-corrected chi connectivity index (χ4v) is 1.96. The van der Waals surface area contributed by atoms with Crippen molar-refractivity contribution >= 4 is 6.09 Å². The minimum absolute atomic E-state index is 0.342. The SMILES string of the molecule is CC(C)(CC1CC(N)C1)OC(N)=O. The second-order valence-electron chi connectivity index (χ2n) is 4.48. The van der Waals surface area contributed by atoms with Crippen molar-refractivity contribution in [1.29, 1.82) is 0 Å². The number of rotatable bonds is 3. The van der Waals surface area contributed by atoms with Crippen LogP contribution in [0, 0.1) is 5.92 Å². The van der Waals surface area contributed by atoms with Gasteiger partial charge in [0.1, 0.15) is 5.60 Å². The Bertz CT molecular complexity index is 198. The molecule has 4 nitrogen and oxygen atoms in total. The Morgan fingerprint density at radius 2 is 2.08 bits per heavy atom. The van der Waals surface area contributed by atoms with Crippen LogP contribution in [0.25, 0.3) is 0 Å². The van der Waals surface area contributed by atoms with Crippen LogP contribution in [0.3, 0.4) is 0 Å². The van der Waals surface area contributed by atoms with Crippen molar-refractivity contribution in [2.24, 2.45) is 17.4 Å². The second-order valence-corrected chi connectivity index (χ2v) is 4.48. The number of ether oxygens (including phenoxy) is 1. The molecule has 1 aliphatic carbocycles. The average Bonchev–Trinajstić information content (AvgIpc) is 1.79. The van der Waals surface area contributed by atoms with E-state index in [0.717, 1.165) is 19.3 Å². The number of hydrogen-bond acceptors (Lipinski definition) is 3. The zero-order chi connectivity index (χ0) is 10.1. The minimum Gasteiger partial charge on any atom is -0.444 e. The van der Waals surface area contributed by atoms with Gasteiger partial charge < -0.3 is 16.2 Å². The van der Waals surface area contributed by atoms with Crippen molar-refractivity contribution in [2.45, 2.75) is 44.8 Å². The third-order valence-corrected chi connectivity index (χ3v) is 2.43. The number of primary amides is 1. The summed E-state index contributed by atoms with van der Waals surface area (Å²) in [5.41, 5.74) is 10.2. The zero-order valence-corrected chi connectivity index (χ0v) is 8.25. The molecule has 0 bridgehead atoms. The second kappa shape index (κ2) is 3.54. The molecule has 0 aliphatic heterocycles. The first-order valence-corrected chi connectivity index (χ1v) is 4.63. The molecule has 0 heterocycles. The van der Waals surface area contributed by atoms with Gasteiger partial charge in [0.2, 0.25) is 0 Å². The van der Waals surface area contributed by atoms with E-state index in [0.29, 0.717) is 12.0 Å². The lowest BCUT2D eigenvalue weighted by molar-refractivity contribution is 0.0133. The molecule has 0 aromatic carbocycles. The zero-order valence-electron chi connectivity index (χ0n) is 8.25. The highest BCUT2D eigenvalue weighted by Crippen LogP contribution is 2.34. The topological polar surface area (TPSA) is 78.3 Å². The smallest absolute Gasteiger partial charge is 0.405 e. The van der Waals surface area contributed by atoms with Gasteiger partial charge in [-0.3, -0.25) is 0 Å². The Morgan fingerprint density at radius 1 is 1.54 bits per heavy atom. The number of hydrogen-bond donors (Lipinski definition) is 2. The summed E-state index contributed by atoms with van der Waals surface area (Å²) in [6, 6.07) is 0.342. The van der Waals surface area contributed by atoms with Gasteiger partial charge in [-0.15, -0.1) is 0 Å². The molecule has 0 atom stereocenters. The van der Waals surface area contributed by atoms with E-state index in [4.69, 9.17) is 16.2 Å². The molecule has 0 unspecified atom stereocenters. The van der Waals surface area contributed by atoms with Crippen LogP contribution < -0.4 is 11.5 Å². The summed E-state index contributed by atoms with van der Waals surface area (Å²) in [6.07, 6.45) is 2.22. The van der Waals surface area contributed by atoms with Crippen molar-refractivity contribution in [1.82, 2.24) is 0 Å². The summed E-state index contributed by atoms with van der Waals surface area (Å²) in [5.74, 6) is 0.587. The number of nitrogens with two attached hydrogens (primary N) is 2. The monoisotopic (exact) mass is 186 g/mol. The molecule has 76 valence electrons. The average molecular weight is 186 g/mol. The Morgan fingerprint density at radius 3 is 2.46 bits per heavy atom. The van der Waals surface area contributed by atoms with Gasteiger partial charge in [0.15, 0.2) is 0 Å². The van der Waals surface area contributed by atoms with Crippen LogP contribution in [-0.4, -0.2) is 17.7 Å². The molecule has 0 aromatic rings. The Hall–Kier alpha value is -0.770. The standard InChI is InChI=1S/C9H18N2O2/c1-9(2,13-8(11)12)5-6-3-7(10)4-6/h6-7H,3-5,10H2,1-2H3,(H2,11,12). The lowest BCUT2D eigenvalue weighted by Gasteiger charge is -2.37. The molecule has 0 aromatic heterocycles. The predicted molar refractivity (Wildman–Crippen MR) is 50.1 cm³/mol. The van der Waals surface area contributed by atoms with E-state index in [9.17, 15) is 4.79 Å². The van der Waals surface area contributed by atoms with Crippen LogP contribution in [0.2, 0.25) is 0 Å². The van der Waals surface area contributed by atoms with Crippen LogP contribution in [0.4, 0.5) is 4.79 Å².